The lowest BCUT2D eigenvalue weighted by atomic mass is 10.1. The number of nitrogens with zero attached hydrogens (tertiary/aromatic N) is 1. The topological polar surface area (TPSA) is 37.4 Å². The first-order chi connectivity index (χ1) is 9.82. The van der Waals surface area contributed by atoms with Crippen molar-refractivity contribution in [2.24, 2.45) is 0 Å². The van der Waals surface area contributed by atoms with Crippen molar-refractivity contribution in [2.75, 3.05) is 7.05 Å². The number of sulfonamides is 1. The molecule has 0 N–H and O–H groups in total. The summed E-state index contributed by atoms with van der Waals surface area (Å²) >= 11 is 3.27. The number of rotatable bonds is 4. The molecular formula is C15H15BrFNO2S. The summed E-state index contributed by atoms with van der Waals surface area (Å²) in [5.41, 5.74) is 0.734. The molecule has 0 saturated heterocycles. The van der Waals surface area contributed by atoms with E-state index >= 15 is 0 Å². The Labute approximate surface area is 132 Å². The van der Waals surface area contributed by atoms with Crippen molar-refractivity contribution in [2.45, 2.75) is 17.9 Å². The van der Waals surface area contributed by atoms with Gasteiger partial charge in [-0.15, -0.1) is 0 Å². The second kappa shape index (κ2) is 6.25. The van der Waals surface area contributed by atoms with Crippen LogP contribution in [0.5, 0.6) is 0 Å². The summed E-state index contributed by atoms with van der Waals surface area (Å²) in [6, 6.07) is 12.0. The lowest BCUT2D eigenvalue weighted by Crippen LogP contribution is -2.29. The second-order valence-corrected chi connectivity index (χ2v) is 7.62. The molecule has 2 rings (SSSR count). The van der Waals surface area contributed by atoms with Gasteiger partial charge in [0, 0.05) is 17.6 Å². The average Bonchev–Trinajstić information content (AvgIpc) is 2.46. The largest absolute Gasteiger partial charge is 0.243 e. The Kier molecular flexibility index (Phi) is 4.81. The summed E-state index contributed by atoms with van der Waals surface area (Å²) in [6.45, 7) is 1.77. The summed E-state index contributed by atoms with van der Waals surface area (Å²) < 4.78 is 40.1. The maximum absolute atomic E-state index is 13.0. The summed E-state index contributed by atoms with van der Waals surface area (Å²) in [5.74, 6) is -0.344. The molecule has 0 radical (unpaired) electrons. The Balaban J connectivity index is 2.33. The standard InChI is InChI=1S/C15H15BrFNO2S/c1-11(12-6-8-14(17)9-7-12)18(2)21(19,20)15-5-3-4-13(16)10-15/h3-11H,1-2H3. The molecule has 1 unspecified atom stereocenters. The van der Waals surface area contributed by atoms with Gasteiger partial charge in [-0.05, 0) is 42.8 Å². The van der Waals surface area contributed by atoms with Crippen LogP contribution in [0.1, 0.15) is 18.5 Å². The number of halogens is 2. The summed E-state index contributed by atoms with van der Waals surface area (Å²) in [6.07, 6.45) is 0. The van der Waals surface area contributed by atoms with Gasteiger partial charge in [0.05, 0.1) is 4.90 Å². The van der Waals surface area contributed by atoms with Gasteiger partial charge in [0.15, 0.2) is 0 Å². The van der Waals surface area contributed by atoms with Gasteiger partial charge >= 0.3 is 0 Å². The molecule has 0 amide bonds. The van der Waals surface area contributed by atoms with Gasteiger partial charge in [-0.1, -0.05) is 34.1 Å². The fourth-order valence-corrected chi connectivity index (χ4v) is 3.90. The van der Waals surface area contributed by atoms with E-state index in [9.17, 15) is 12.8 Å². The minimum atomic E-state index is -3.61. The van der Waals surface area contributed by atoms with Crippen molar-refractivity contribution in [3.63, 3.8) is 0 Å². The third-order valence-corrected chi connectivity index (χ3v) is 5.79. The van der Waals surface area contributed by atoms with Crippen molar-refractivity contribution >= 4 is 26.0 Å². The average molecular weight is 372 g/mol. The minimum absolute atomic E-state index is 0.216. The Morgan fingerprint density at radius 3 is 2.33 bits per heavy atom. The maximum atomic E-state index is 13.0. The summed E-state index contributed by atoms with van der Waals surface area (Å²) in [4.78, 5) is 0.216. The van der Waals surface area contributed by atoms with Crippen LogP contribution in [0.3, 0.4) is 0 Å². The van der Waals surface area contributed by atoms with E-state index in [4.69, 9.17) is 0 Å². The molecule has 2 aromatic rings. The molecule has 0 saturated carbocycles. The lowest BCUT2D eigenvalue weighted by Gasteiger charge is -2.24. The fraction of sp³-hybridized carbons (Fsp3) is 0.200. The van der Waals surface area contributed by atoms with Gasteiger partial charge in [-0.2, -0.15) is 4.31 Å². The first-order valence-electron chi connectivity index (χ1n) is 6.31. The second-order valence-electron chi connectivity index (χ2n) is 4.71. The zero-order valence-electron chi connectivity index (χ0n) is 11.6. The van der Waals surface area contributed by atoms with E-state index in [0.29, 0.717) is 4.47 Å². The zero-order valence-corrected chi connectivity index (χ0v) is 14.0. The van der Waals surface area contributed by atoms with Crippen molar-refractivity contribution in [1.29, 1.82) is 0 Å². The molecule has 21 heavy (non-hydrogen) atoms. The highest BCUT2D eigenvalue weighted by molar-refractivity contribution is 9.10. The highest BCUT2D eigenvalue weighted by Crippen LogP contribution is 2.27. The first-order valence-corrected chi connectivity index (χ1v) is 8.55. The molecule has 0 heterocycles. The quantitative estimate of drug-likeness (QED) is 0.815. The van der Waals surface area contributed by atoms with Crippen LogP contribution in [0.25, 0.3) is 0 Å². The van der Waals surface area contributed by atoms with E-state index in [2.05, 4.69) is 15.9 Å². The van der Waals surface area contributed by atoms with Crippen LogP contribution < -0.4 is 0 Å². The molecule has 0 aromatic heterocycles. The van der Waals surface area contributed by atoms with Crippen LogP contribution >= 0.6 is 15.9 Å². The first kappa shape index (κ1) is 16.1. The van der Waals surface area contributed by atoms with E-state index < -0.39 is 16.1 Å². The van der Waals surface area contributed by atoms with Crippen LogP contribution in [-0.2, 0) is 10.0 Å². The number of hydrogen-bond donors (Lipinski definition) is 0. The third-order valence-electron chi connectivity index (χ3n) is 3.37. The molecule has 1 atom stereocenters. The minimum Gasteiger partial charge on any atom is -0.207 e. The highest BCUT2D eigenvalue weighted by Gasteiger charge is 2.26. The van der Waals surface area contributed by atoms with Crippen LogP contribution in [0.2, 0.25) is 0 Å². The van der Waals surface area contributed by atoms with Gasteiger partial charge in [-0.25, -0.2) is 12.8 Å². The normalized spacial score (nSPS) is 13.4. The number of hydrogen-bond acceptors (Lipinski definition) is 2. The Morgan fingerprint density at radius 1 is 1.14 bits per heavy atom. The van der Waals surface area contributed by atoms with Crippen molar-refractivity contribution in [3.05, 3.63) is 64.4 Å². The van der Waals surface area contributed by atoms with Crippen molar-refractivity contribution in [3.8, 4) is 0 Å². The predicted octanol–water partition coefficient (Wildman–Crippen LogP) is 3.97. The van der Waals surface area contributed by atoms with E-state index in [1.165, 1.54) is 23.5 Å². The highest BCUT2D eigenvalue weighted by atomic mass is 79.9. The van der Waals surface area contributed by atoms with E-state index in [1.54, 1.807) is 43.3 Å². The number of benzene rings is 2. The Morgan fingerprint density at radius 2 is 1.76 bits per heavy atom. The van der Waals surface area contributed by atoms with Crippen LogP contribution in [0, 0.1) is 5.82 Å². The van der Waals surface area contributed by atoms with Gasteiger partial charge in [-0.3, -0.25) is 0 Å². The molecule has 0 aliphatic rings. The molecule has 3 nitrogen and oxygen atoms in total. The SMILES string of the molecule is CC(c1ccc(F)cc1)N(C)S(=O)(=O)c1cccc(Br)c1. The molecule has 0 bridgehead atoms. The molecule has 0 aliphatic carbocycles. The van der Waals surface area contributed by atoms with Gasteiger partial charge in [0.2, 0.25) is 10.0 Å². The zero-order chi connectivity index (χ0) is 15.6. The predicted molar refractivity (Wildman–Crippen MR) is 83.9 cm³/mol. The third kappa shape index (κ3) is 3.51. The van der Waals surface area contributed by atoms with E-state index in [0.717, 1.165) is 5.56 Å². The molecular weight excluding hydrogens is 357 g/mol. The maximum Gasteiger partial charge on any atom is 0.243 e. The molecule has 112 valence electrons. The van der Waals surface area contributed by atoms with Crippen molar-refractivity contribution in [1.82, 2.24) is 4.31 Å². The smallest absolute Gasteiger partial charge is 0.207 e. The molecule has 0 aliphatic heterocycles. The molecule has 0 spiro atoms. The Hall–Kier alpha value is -1.24. The summed E-state index contributed by atoms with van der Waals surface area (Å²) in [7, 11) is -2.09. The summed E-state index contributed by atoms with van der Waals surface area (Å²) in [5, 5.41) is 0. The van der Waals surface area contributed by atoms with Crippen LogP contribution in [-0.4, -0.2) is 19.8 Å². The van der Waals surface area contributed by atoms with Crippen molar-refractivity contribution < 1.29 is 12.8 Å². The molecule has 2 aromatic carbocycles. The molecule has 0 fully saturated rings. The lowest BCUT2D eigenvalue weighted by molar-refractivity contribution is 0.398. The Bertz CT molecular complexity index is 732. The van der Waals surface area contributed by atoms with Crippen LogP contribution in [0.15, 0.2) is 57.9 Å². The molecule has 6 heteroatoms. The van der Waals surface area contributed by atoms with E-state index in [1.807, 2.05) is 0 Å². The van der Waals surface area contributed by atoms with E-state index in [-0.39, 0.29) is 10.7 Å². The van der Waals surface area contributed by atoms with Gasteiger partial charge in [0.25, 0.3) is 0 Å². The van der Waals surface area contributed by atoms with Crippen LogP contribution in [0.4, 0.5) is 4.39 Å². The van der Waals surface area contributed by atoms with Gasteiger partial charge in [0.1, 0.15) is 5.82 Å². The van der Waals surface area contributed by atoms with Gasteiger partial charge < -0.3 is 0 Å². The monoisotopic (exact) mass is 371 g/mol. The fourth-order valence-electron chi connectivity index (χ4n) is 1.95.